The lowest BCUT2D eigenvalue weighted by molar-refractivity contribution is 0.0531. The number of nitrogens with one attached hydrogen (secondary N) is 2. The Bertz CT molecular complexity index is 820. The number of methoxy groups -OCH3 is 1. The Kier molecular flexibility index (Phi) is 8.59. The van der Waals surface area contributed by atoms with E-state index in [-0.39, 0.29) is 11.5 Å². The molecule has 2 aromatic rings. The molecular formula is C25H35N3O3. The van der Waals surface area contributed by atoms with Crippen LogP contribution >= 0.6 is 0 Å². The van der Waals surface area contributed by atoms with E-state index < -0.39 is 0 Å². The zero-order valence-electron chi connectivity index (χ0n) is 18.9. The average molecular weight is 426 g/mol. The molecule has 6 nitrogen and oxygen atoms in total. The van der Waals surface area contributed by atoms with E-state index in [1.165, 1.54) is 5.56 Å². The van der Waals surface area contributed by atoms with Crippen LogP contribution in [0.2, 0.25) is 0 Å². The molecule has 0 spiro atoms. The number of hydrogen-bond donors (Lipinski definition) is 2. The molecule has 2 aromatic carbocycles. The zero-order chi connectivity index (χ0) is 21.9. The summed E-state index contributed by atoms with van der Waals surface area (Å²) in [6.45, 7) is 7.81. The Morgan fingerprint density at radius 3 is 2.39 bits per heavy atom. The van der Waals surface area contributed by atoms with E-state index in [2.05, 4.69) is 47.9 Å². The minimum absolute atomic E-state index is 0.0153. The van der Waals surface area contributed by atoms with Crippen LogP contribution in [0.1, 0.15) is 32.3 Å². The fourth-order valence-corrected chi connectivity index (χ4v) is 3.88. The Labute approximate surface area is 186 Å². The second-order valence-electron chi connectivity index (χ2n) is 7.91. The first kappa shape index (κ1) is 22.9. The number of nitrogens with zero attached hydrogens (tertiary/aromatic N) is 1. The van der Waals surface area contributed by atoms with E-state index in [0.717, 1.165) is 56.6 Å². The summed E-state index contributed by atoms with van der Waals surface area (Å²) >= 11 is 0. The monoisotopic (exact) mass is 425 g/mol. The summed E-state index contributed by atoms with van der Waals surface area (Å²) in [6.07, 6.45) is 1.91. The van der Waals surface area contributed by atoms with Crippen molar-refractivity contribution in [3.8, 4) is 11.5 Å². The highest BCUT2D eigenvalue weighted by Gasteiger charge is 2.34. The largest absolute Gasteiger partial charge is 0.493 e. The molecular weight excluding hydrogens is 390 g/mol. The minimum atomic E-state index is -0.0497. The lowest BCUT2D eigenvalue weighted by Crippen LogP contribution is -2.43. The maximum Gasteiger partial charge on any atom is 0.191 e. The summed E-state index contributed by atoms with van der Waals surface area (Å²) in [6, 6.07) is 18.4. The van der Waals surface area contributed by atoms with Crippen LogP contribution in [0.25, 0.3) is 0 Å². The first-order valence-corrected chi connectivity index (χ1v) is 11.1. The van der Waals surface area contributed by atoms with Gasteiger partial charge >= 0.3 is 0 Å². The van der Waals surface area contributed by atoms with Crippen LogP contribution in [0.3, 0.4) is 0 Å². The van der Waals surface area contributed by atoms with Gasteiger partial charge in [-0.3, -0.25) is 4.99 Å². The molecule has 2 N–H and O–H groups in total. The average Bonchev–Trinajstić information content (AvgIpc) is 2.82. The van der Waals surface area contributed by atoms with Gasteiger partial charge < -0.3 is 24.8 Å². The number of ether oxygens (including phenoxy) is 3. The van der Waals surface area contributed by atoms with Gasteiger partial charge in [0.25, 0.3) is 0 Å². The van der Waals surface area contributed by atoms with Gasteiger partial charge in [-0.2, -0.15) is 0 Å². The van der Waals surface area contributed by atoms with E-state index in [0.29, 0.717) is 6.54 Å². The molecule has 0 aliphatic carbocycles. The van der Waals surface area contributed by atoms with Crippen molar-refractivity contribution < 1.29 is 14.2 Å². The fraction of sp³-hybridized carbons (Fsp3) is 0.480. The van der Waals surface area contributed by atoms with Crippen LogP contribution in [0.15, 0.2) is 59.6 Å². The quantitative estimate of drug-likeness (QED) is 0.473. The molecule has 0 saturated carbocycles. The van der Waals surface area contributed by atoms with E-state index in [1.54, 1.807) is 7.11 Å². The second-order valence-corrected chi connectivity index (χ2v) is 7.91. The summed E-state index contributed by atoms with van der Waals surface area (Å²) < 4.78 is 17.1. The number of guanidine groups is 1. The summed E-state index contributed by atoms with van der Waals surface area (Å²) in [5.41, 5.74) is 1.35. The van der Waals surface area contributed by atoms with Gasteiger partial charge in [0.05, 0.1) is 20.2 Å². The minimum Gasteiger partial charge on any atom is -0.493 e. The van der Waals surface area contributed by atoms with Crippen molar-refractivity contribution in [1.29, 1.82) is 0 Å². The molecule has 1 unspecified atom stereocenters. The lowest BCUT2D eigenvalue weighted by atomic mass is 9.74. The van der Waals surface area contributed by atoms with Crippen LogP contribution in [-0.4, -0.2) is 52.0 Å². The molecule has 1 heterocycles. The molecule has 1 aliphatic heterocycles. The smallest absolute Gasteiger partial charge is 0.191 e. The highest BCUT2D eigenvalue weighted by Crippen LogP contribution is 2.35. The Morgan fingerprint density at radius 1 is 1.03 bits per heavy atom. The van der Waals surface area contributed by atoms with E-state index in [4.69, 9.17) is 19.2 Å². The molecule has 1 fully saturated rings. The molecule has 0 amide bonds. The van der Waals surface area contributed by atoms with Crippen LogP contribution in [0, 0.1) is 0 Å². The normalized spacial score (nSPS) is 16.9. The zero-order valence-corrected chi connectivity index (χ0v) is 18.9. The van der Waals surface area contributed by atoms with Gasteiger partial charge in [-0.1, -0.05) is 42.5 Å². The number of hydrogen-bond acceptors (Lipinski definition) is 4. The van der Waals surface area contributed by atoms with Crippen LogP contribution in [0.5, 0.6) is 11.5 Å². The van der Waals surface area contributed by atoms with Gasteiger partial charge in [-0.15, -0.1) is 0 Å². The third-order valence-electron chi connectivity index (χ3n) is 5.67. The molecule has 0 bridgehead atoms. The van der Waals surface area contributed by atoms with Gasteiger partial charge in [0.2, 0.25) is 0 Å². The highest BCUT2D eigenvalue weighted by molar-refractivity contribution is 5.79. The van der Waals surface area contributed by atoms with Gasteiger partial charge in [-0.25, -0.2) is 0 Å². The van der Waals surface area contributed by atoms with Crippen molar-refractivity contribution in [2.75, 3.05) is 40.0 Å². The third kappa shape index (κ3) is 6.37. The fourth-order valence-electron chi connectivity index (χ4n) is 3.88. The van der Waals surface area contributed by atoms with E-state index in [9.17, 15) is 0 Å². The summed E-state index contributed by atoms with van der Waals surface area (Å²) in [5.74, 6) is 2.28. The molecule has 31 heavy (non-hydrogen) atoms. The van der Waals surface area contributed by atoms with Crippen molar-refractivity contribution in [2.24, 2.45) is 4.99 Å². The predicted molar refractivity (Wildman–Crippen MR) is 125 cm³/mol. The molecule has 6 heteroatoms. The molecule has 0 radical (unpaired) electrons. The molecule has 3 rings (SSSR count). The Morgan fingerprint density at radius 2 is 1.71 bits per heavy atom. The van der Waals surface area contributed by atoms with Gasteiger partial charge in [0.15, 0.2) is 17.5 Å². The van der Waals surface area contributed by atoms with Gasteiger partial charge in [-0.05, 0) is 44.4 Å². The lowest BCUT2D eigenvalue weighted by Gasteiger charge is -2.36. The van der Waals surface area contributed by atoms with Crippen molar-refractivity contribution in [2.45, 2.75) is 38.2 Å². The summed E-state index contributed by atoms with van der Waals surface area (Å²) in [5, 5.41) is 6.79. The molecule has 168 valence electrons. The highest BCUT2D eigenvalue weighted by atomic mass is 16.5. The second kappa shape index (κ2) is 11.6. The van der Waals surface area contributed by atoms with Crippen molar-refractivity contribution >= 4 is 5.96 Å². The maximum atomic E-state index is 6.06. The van der Waals surface area contributed by atoms with Gasteiger partial charge in [0, 0.05) is 25.2 Å². The topological polar surface area (TPSA) is 64.1 Å². The summed E-state index contributed by atoms with van der Waals surface area (Å²) in [7, 11) is 1.65. The molecule has 0 aromatic heterocycles. The first-order chi connectivity index (χ1) is 15.2. The molecule has 1 aliphatic rings. The van der Waals surface area contributed by atoms with Crippen LogP contribution < -0.4 is 20.1 Å². The van der Waals surface area contributed by atoms with Crippen molar-refractivity contribution in [3.63, 3.8) is 0 Å². The summed E-state index contributed by atoms with van der Waals surface area (Å²) in [4.78, 5) is 4.96. The standard InChI is InChI=1S/C25H35N3O3/c1-4-26-24(27-18-20(2)31-23-13-9-8-12-22(23)29-3)28-19-25(14-16-30-17-15-25)21-10-6-5-7-11-21/h5-13,20H,4,14-19H2,1-3H3,(H2,26,27,28). The Balaban J connectivity index is 1.65. The van der Waals surface area contributed by atoms with Gasteiger partial charge in [0.1, 0.15) is 6.10 Å². The maximum absolute atomic E-state index is 6.06. The number of rotatable bonds is 9. The predicted octanol–water partition coefficient (Wildman–Crippen LogP) is 3.77. The molecule has 1 saturated heterocycles. The first-order valence-electron chi connectivity index (χ1n) is 11.1. The Hall–Kier alpha value is -2.73. The molecule has 1 atom stereocenters. The number of benzene rings is 2. The van der Waals surface area contributed by atoms with E-state index in [1.807, 2.05) is 31.2 Å². The van der Waals surface area contributed by atoms with Crippen LogP contribution in [-0.2, 0) is 10.2 Å². The van der Waals surface area contributed by atoms with Crippen LogP contribution in [0.4, 0.5) is 0 Å². The number of aliphatic imine (C=N–C) groups is 1. The van der Waals surface area contributed by atoms with Crippen molar-refractivity contribution in [1.82, 2.24) is 10.6 Å². The number of para-hydroxylation sites is 2. The third-order valence-corrected chi connectivity index (χ3v) is 5.67. The van der Waals surface area contributed by atoms with E-state index >= 15 is 0 Å². The SMILES string of the molecule is CCNC(=NCC1(c2ccccc2)CCOCC1)NCC(C)Oc1ccccc1OC. The van der Waals surface area contributed by atoms with Crippen molar-refractivity contribution in [3.05, 3.63) is 60.2 Å².